The molecule has 4 bridgehead atoms. The lowest BCUT2D eigenvalue weighted by molar-refractivity contribution is -0.140. The highest BCUT2D eigenvalue weighted by Gasteiger charge is 2.54. The Morgan fingerprint density at radius 2 is 1.54 bits per heavy atom. The first-order valence-electron chi connectivity index (χ1n) is 9.59. The van der Waals surface area contributed by atoms with Crippen molar-refractivity contribution in [2.75, 3.05) is 23.3 Å². The summed E-state index contributed by atoms with van der Waals surface area (Å²) in [5, 5.41) is 3.13. The minimum absolute atomic E-state index is 0.109. The van der Waals surface area contributed by atoms with Gasteiger partial charge in [-0.2, -0.15) is 0 Å². The average Bonchev–Trinajstić information content (AvgIpc) is 3.09. The third-order valence-corrected chi connectivity index (χ3v) is 6.80. The lowest BCUT2D eigenvalue weighted by Crippen LogP contribution is -2.51. The van der Waals surface area contributed by atoms with E-state index in [-0.39, 0.29) is 11.3 Å². The number of hydrogen-bond donors (Lipinski definition) is 1. The van der Waals surface area contributed by atoms with Crippen molar-refractivity contribution in [1.82, 2.24) is 9.97 Å². The van der Waals surface area contributed by atoms with Crippen LogP contribution in [0.4, 0.5) is 11.6 Å². The van der Waals surface area contributed by atoms with E-state index in [0.29, 0.717) is 0 Å². The molecule has 5 heteroatoms. The lowest BCUT2D eigenvalue weighted by Gasteiger charge is -2.55. The van der Waals surface area contributed by atoms with Crippen molar-refractivity contribution in [3.8, 4) is 0 Å². The molecule has 1 aromatic heterocycles. The van der Waals surface area contributed by atoms with Crippen molar-refractivity contribution in [2.45, 2.75) is 51.4 Å². The van der Waals surface area contributed by atoms with E-state index in [1.165, 1.54) is 32.1 Å². The molecular formula is C19H26N4O. The summed E-state index contributed by atoms with van der Waals surface area (Å²) in [7, 11) is 0. The van der Waals surface area contributed by atoms with Crippen molar-refractivity contribution in [3.05, 3.63) is 12.4 Å². The van der Waals surface area contributed by atoms with Gasteiger partial charge in [0.05, 0.1) is 23.5 Å². The fourth-order valence-corrected chi connectivity index (χ4v) is 6.12. The van der Waals surface area contributed by atoms with Crippen LogP contribution in [0.25, 0.3) is 0 Å². The van der Waals surface area contributed by atoms with E-state index in [2.05, 4.69) is 20.2 Å². The fraction of sp³-hybridized carbons (Fsp3) is 0.737. The molecule has 1 saturated heterocycles. The van der Waals surface area contributed by atoms with Gasteiger partial charge in [0.15, 0.2) is 0 Å². The molecule has 4 aliphatic carbocycles. The molecule has 0 spiro atoms. The SMILES string of the molecule is O=C(Nc1cnc(N2CCCC2)nc1)C12CC3CC(CC(C3)C1)C2. The molecule has 0 unspecified atom stereocenters. The summed E-state index contributed by atoms with van der Waals surface area (Å²) in [6, 6.07) is 0. The molecule has 24 heavy (non-hydrogen) atoms. The summed E-state index contributed by atoms with van der Waals surface area (Å²) in [6.07, 6.45) is 13.4. The second-order valence-electron chi connectivity index (χ2n) is 8.62. The van der Waals surface area contributed by atoms with Crippen LogP contribution in [0.1, 0.15) is 51.4 Å². The summed E-state index contributed by atoms with van der Waals surface area (Å²) in [4.78, 5) is 24.2. The van der Waals surface area contributed by atoms with Crippen LogP contribution >= 0.6 is 0 Å². The molecule has 5 nitrogen and oxygen atoms in total. The van der Waals surface area contributed by atoms with Gasteiger partial charge in [-0.25, -0.2) is 9.97 Å². The Morgan fingerprint density at radius 3 is 2.08 bits per heavy atom. The Kier molecular flexibility index (Phi) is 3.32. The number of carbonyl (C=O) groups excluding carboxylic acids is 1. The standard InChI is InChI=1S/C19H26N4O/c24-17(19-8-13-5-14(9-19)7-15(6-13)10-19)22-16-11-20-18(21-12-16)23-3-1-2-4-23/h11-15H,1-10H2,(H,22,24). The van der Waals surface area contributed by atoms with Crippen LogP contribution in [0, 0.1) is 23.2 Å². The maximum absolute atomic E-state index is 13.0. The van der Waals surface area contributed by atoms with E-state index in [9.17, 15) is 4.79 Å². The molecule has 1 N–H and O–H groups in total. The molecular weight excluding hydrogens is 300 g/mol. The minimum Gasteiger partial charge on any atom is -0.341 e. The molecule has 1 aromatic rings. The highest BCUT2D eigenvalue weighted by molar-refractivity contribution is 5.95. The molecule has 1 aliphatic heterocycles. The van der Waals surface area contributed by atoms with E-state index in [4.69, 9.17) is 0 Å². The third-order valence-electron chi connectivity index (χ3n) is 6.80. The maximum Gasteiger partial charge on any atom is 0.230 e. The van der Waals surface area contributed by atoms with Crippen LogP contribution in [-0.2, 0) is 4.79 Å². The number of rotatable bonds is 3. The summed E-state index contributed by atoms with van der Waals surface area (Å²) in [5.74, 6) is 3.38. The van der Waals surface area contributed by atoms with Gasteiger partial charge >= 0.3 is 0 Å². The molecule has 4 saturated carbocycles. The number of nitrogens with zero attached hydrogens (tertiary/aromatic N) is 3. The molecule has 6 rings (SSSR count). The Balaban J connectivity index is 1.30. The molecule has 128 valence electrons. The van der Waals surface area contributed by atoms with Crippen LogP contribution in [0.15, 0.2) is 12.4 Å². The van der Waals surface area contributed by atoms with Gasteiger partial charge in [-0.15, -0.1) is 0 Å². The van der Waals surface area contributed by atoms with Gasteiger partial charge in [0, 0.05) is 13.1 Å². The first-order valence-corrected chi connectivity index (χ1v) is 9.59. The van der Waals surface area contributed by atoms with Crippen LogP contribution in [-0.4, -0.2) is 29.0 Å². The smallest absolute Gasteiger partial charge is 0.230 e. The maximum atomic E-state index is 13.0. The Morgan fingerprint density at radius 1 is 1.00 bits per heavy atom. The quantitative estimate of drug-likeness (QED) is 0.926. The molecule has 0 radical (unpaired) electrons. The topological polar surface area (TPSA) is 58.1 Å². The summed E-state index contributed by atoms with van der Waals surface area (Å²) < 4.78 is 0. The Bertz CT molecular complexity index is 600. The number of carbonyl (C=O) groups is 1. The Labute approximate surface area is 143 Å². The van der Waals surface area contributed by atoms with Crippen molar-refractivity contribution < 1.29 is 4.79 Å². The van der Waals surface area contributed by atoms with Gasteiger partial charge in [-0.1, -0.05) is 0 Å². The largest absolute Gasteiger partial charge is 0.341 e. The predicted molar refractivity (Wildman–Crippen MR) is 92.7 cm³/mol. The number of hydrogen-bond acceptors (Lipinski definition) is 4. The molecule has 2 heterocycles. The number of aromatic nitrogens is 2. The normalized spacial score (nSPS) is 37.0. The number of amides is 1. The second-order valence-corrected chi connectivity index (χ2v) is 8.62. The summed E-state index contributed by atoms with van der Waals surface area (Å²) >= 11 is 0. The molecule has 5 aliphatic rings. The zero-order chi connectivity index (χ0) is 16.1. The first-order chi connectivity index (χ1) is 11.7. The van der Waals surface area contributed by atoms with E-state index >= 15 is 0 Å². The lowest BCUT2D eigenvalue weighted by atomic mass is 9.49. The van der Waals surface area contributed by atoms with E-state index < -0.39 is 0 Å². The minimum atomic E-state index is -0.109. The summed E-state index contributed by atoms with van der Waals surface area (Å²) in [6.45, 7) is 2.08. The highest BCUT2D eigenvalue weighted by atomic mass is 16.2. The summed E-state index contributed by atoms with van der Waals surface area (Å²) in [5.41, 5.74) is 0.640. The van der Waals surface area contributed by atoms with Crippen LogP contribution < -0.4 is 10.2 Å². The zero-order valence-electron chi connectivity index (χ0n) is 14.2. The second kappa shape index (κ2) is 5.43. The van der Waals surface area contributed by atoms with Crippen LogP contribution in [0.5, 0.6) is 0 Å². The molecule has 0 atom stereocenters. The predicted octanol–water partition coefficient (Wildman–Crippen LogP) is 3.23. The fourth-order valence-electron chi connectivity index (χ4n) is 6.12. The monoisotopic (exact) mass is 326 g/mol. The Hall–Kier alpha value is -1.65. The average molecular weight is 326 g/mol. The van der Waals surface area contributed by atoms with Gasteiger partial charge in [0.2, 0.25) is 11.9 Å². The van der Waals surface area contributed by atoms with Crippen molar-refractivity contribution in [3.63, 3.8) is 0 Å². The van der Waals surface area contributed by atoms with Crippen molar-refractivity contribution >= 4 is 17.5 Å². The van der Waals surface area contributed by atoms with Crippen LogP contribution in [0.3, 0.4) is 0 Å². The van der Waals surface area contributed by atoms with Gasteiger partial charge in [-0.3, -0.25) is 4.79 Å². The van der Waals surface area contributed by atoms with Crippen LogP contribution in [0.2, 0.25) is 0 Å². The van der Waals surface area contributed by atoms with Gasteiger partial charge in [-0.05, 0) is 69.1 Å². The first kappa shape index (κ1) is 14.7. The van der Waals surface area contributed by atoms with Crippen molar-refractivity contribution in [1.29, 1.82) is 0 Å². The molecule has 5 fully saturated rings. The van der Waals surface area contributed by atoms with E-state index in [1.54, 1.807) is 12.4 Å². The zero-order valence-corrected chi connectivity index (χ0v) is 14.2. The van der Waals surface area contributed by atoms with Gasteiger partial charge in [0.1, 0.15) is 0 Å². The highest BCUT2D eigenvalue weighted by Crippen LogP contribution is 2.60. The number of anilines is 2. The number of nitrogens with one attached hydrogen (secondary N) is 1. The van der Waals surface area contributed by atoms with Gasteiger partial charge in [0.25, 0.3) is 0 Å². The molecule has 0 aromatic carbocycles. The van der Waals surface area contributed by atoms with Crippen molar-refractivity contribution in [2.24, 2.45) is 23.2 Å². The third kappa shape index (κ3) is 2.40. The van der Waals surface area contributed by atoms with Gasteiger partial charge < -0.3 is 10.2 Å². The van der Waals surface area contributed by atoms with E-state index in [0.717, 1.165) is 61.7 Å². The van der Waals surface area contributed by atoms with E-state index in [1.807, 2.05) is 0 Å². The molecule has 1 amide bonds.